The fourth-order valence-electron chi connectivity index (χ4n) is 1.28. The zero-order valence-electron chi connectivity index (χ0n) is 9.05. The van der Waals surface area contributed by atoms with E-state index in [2.05, 4.69) is 46.7 Å². The first-order valence-electron chi connectivity index (χ1n) is 5.16. The summed E-state index contributed by atoms with van der Waals surface area (Å²) in [5, 5.41) is 6.83. The van der Waals surface area contributed by atoms with Gasteiger partial charge in [0.25, 0.3) is 0 Å². The molecule has 0 aliphatic rings. The van der Waals surface area contributed by atoms with Crippen LogP contribution in [0.3, 0.4) is 0 Å². The Bertz CT molecular complexity index is 446. The van der Waals surface area contributed by atoms with Gasteiger partial charge < -0.3 is 0 Å². The molecule has 1 aromatic carbocycles. The molecule has 1 aromatic heterocycles. The Morgan fingerprint density at radius 2 is 2.19 bits per heavy atom. The van der Waals surface area contributed by atoms with E-state index in [0.717, 1.165) is 17.1 Å². The van der Waals surface area contributed by atoms with Crippen molar-refractivity contribution in [2.24, 2.45) is 5.10 Å². The Morgan fingerprint density at radius 3 is 2.81 bits per heavy atom. The van der Waals surface area contributed by atoms with Gasteiger partial charge in [0.2, 0.25) is 5.13 Å². The van der Waals surface area contributed by atoms with E-state index in [0.29, 0.717) is 0 Å². The predicted octanol–water partition coefficient (Wildman–Crippen LogP) is 3.15. The molecule has 2 rings (SSSR count). The molecule has 0 saturated heterocycles. The number of hydrogen-bond donors (Lipinski definition) is 1. The lowest BCUT2D eigenvalue weighted by atomic mass is 10.1. The van der Waals surface area contributed by atoms with Crippen LogP contribution in [0.15, 0.2) is 40.9 Å². The highest BCUT2D eigenvalue weighted by atomic mass is 32.1. The molecule has 2 aromatic rings. The Labute approximate surface area is 98.9 Å². The van der Waals surface area contributed by atoms with Crippen LogP contribution in [-0.4, -0.2) is 11.2 Å². The Morgan fingerprint density at radius 1 is 1.38 bits per heavy atom. The van der Waals surface area contributed by atoms with Crippen molar-refractivity contribution in [1.82, 2.24) is 4.98 Å². The molecule has 0 aliphatic carbocycles. The third kappa shape index (κ3) is 2.90. The zero-order chi connectivity index (χ0) is 11.2. The molecule has 0 bridgehead atoms. The number of hydrazone groups is 1. The van der Waals surface area contributed by atoms with Crippen molar-refractivity contribution in [1.29, 1.82) is 0 Å². The maximum absolute atomic E-state index is 4.11. The summed E-state index contributed by atoms with van der Waals surface area (Å²) in [5.74, 6) is 0. The number of benzene rings is 1. The molecule has 0 spiro atoms. The van der Waals surface area contributed by atoms with Gasteiger partial charge in [0.1, 0.15) is 0 Å². The van der Waals surface area contributed by atoms with E-state index in [1.54, 1.807) is 12.4 Å². The van der Waals surface area contributed by atoms with Gasteiger partial charge in [0.15, 0.2) is 0 Å². The summed E-state index contributed by atoms with van der Waals surface area (Å²) in [7, 11) is 0. The highest BCUT2D eigenvalue weighted by Gasteiger charge is 1.91. The molecule has 1 heterocycles. The van der Waals surface area contributed by atoms with E-state index in [-0.39, 0.29) is 0 Å². The van der Waals surface area contributed by atoms with Crippen molar-refractivity contribution < 1.29 is 0 Å². The van der Waals surface area contributed by atoms with Gasteiger partial charge in [-0.2, -0.15) is 5.10 Å². The number of aryl methyl sites for hydroxylation is 1. The maximum Gasteiger partial charge on any atom is 0.203 e. The van der Waals surface area contributed by atoms with Crippen LogP contribution in [0.1, 0.15) is 18.1 Å². The minimum atomic E-state index is 0.807. The predicted molar refractivity (Wildman–Crippen MR) is 69.2 cm³/mol. The minimum absolute atomic E-state index is 0.807. The molecule has 4 heteroatoms. The van der Waals surface area contributed by atoms with Crippen molar-refractivity contribution in [3.05, 3.63) is 47.0 Å². The van der Waals surface area contributed by atoms with Gasteiger partial charge in [-0.15, -0.1) is 11.3 Å². The van der Waals surface area contributed by atoms with Gasteiger partial charge in [-0.05, 0) is 17.5 Å². The fraction of sp³-hybridized carbons (Fsp3) is 0.167. The van der Waals surface area contributed by atoms with Gasteiger partial charge in [-0.1, -0.05) is 31.2 Å². The topological polar surface area (TPSA) is 37.3 Å². The standard InChI is InChI=1S/C12H13N3S/c1-2-10-3-5-11(6-4-10)9-14-15-12-13-7-8-16-12/h3-9H,2H2,1H3,(H,13,15)/b14-9-. The van der Waals surface area contributed by atoms with Crippen molar-refractivity contribution in [3.8, 4) is 0 Å². The lowest BCUT2D eigenvalue weighted by molar-refractivity contribution is 1.14. The smallest absolute Gasteiger partial charge is 0.203 e. The van der Waals surface area contributed by atoms with Crippen LogP contribution < -0.4 is 5.43 Å². The normalized spacial score (nSPS) is 10.8. The molecule has 0 aliphatic heterocycles. The number of aromatic nitrogens is 1. The second kappa shape index (κ2) is 5.42. The van der Waals surface area contributed by atoms with E-state index in [9.17, 15) is 0 Å². The second-order valence-corrected chi connectivity index (χ2v) is 4.20. The molecule has 0 amide bonds. The third-order valence-corrected chi connectivity index (χ3v) is 2.87. The monoisotopic (exact) mass is 231 g/mol. The number of nitrogens with one attached hydrogen (secondary N) is 1. The number of thiazole rings is 1. The summed E-state index contributed by atoms with van der Waals surface area (Å²) in [6.07, 6.45) is 4.61. The van der Waals surface area contributed by atoms with Crippen LogP contribution in [0, 0.1) is 0 Å². The minimum Gasteiger partial charge on any atom is -0.253 e. The van der Waals surface area contributed by atoms with Crippen molar-refractivity contribution in [3.63, 3.8) is 0 Å². The first-order valence-corrected chi connectivity index (χ1v) is 6.04. The van der Waals surface area contributed by atoms with Crippen molar-refractivity contribution in [2.75, 3.05) is 5.43 Å². The molecule has 0 fully saturated rings. The first-order chi connectivity index (χ1) is 7.88. The van der Waals surface area contributed by atoms with Crippen LogP contribution in [0.5, 0.6) is 0 Å². The summed E-state index contributed by atoms with van der Waals surface area (Å²) in [6.45, 7) is 2.15. The van der Waals surface area contributed by atoms with E-state index < -0.39 is 0 Å². The first kappa shape index (κ1) is 10.8. The number of hydrogen-bond acceptors (Lipinski definition) is 4. The Kier molecular flexibility index (Phi) is 3.66. The average Bonchev–Trinajstić information content (AvgIpc) is 2.83. The van der Waals surface area contributed by atoms with E-state index in [4.69, 9.17) is 0 Å². The SMILES string of the molecule is CCc1ccc(/C=N\Nc2nccs2)cc1. The van der Waals surface area contributed by atoms with Crippen LogP contribution in [-0.2, 0) is 6.42 Å². The van der Waals surface area contributed by atoms with E-state index >= 15 is 0 Å². The molecular formula is C12H13N3S. The summed E-state index contributed by atoms with van der Waals surface area (Å²) < 4.78 is 0. The fourth-order valence-corrected chi connectivity index (χ4v) is 1.76. The Balaban J connectivity index is 1.95. The molecule has 0 atom stereocenters. The van der Waals surface area contributed by atoms with Crippen molar-refractivity contribution >= 4 is 22.7 Å². The van der Waals surface area contributed by atoms with Gasteiger partial charge in [0.05, 0.1) is 6.21 Å². The van der Waals surface area contributed by atoms with E-state index in [1.165, 1.54) is 16.9 Å². The number of anilines is 1. The van der Waals surface area contributed by atoms with Crippen LogP contribution in [0.2, 0.25) is 0 Å². The Hall–Kier alpha value is -1.68. The average molecular weight is 231 g/mol. The number of rotatable bonds is 4. The zero-order valence-corrected chi connectivity index (χ0v) is 9.87. The summed E-state index contributed by atoms with van der Waals surface area (Å²) in [6, 6.07) is 8.35. The quantitative estimate of drug-likeness (QED) is 0.648. The van der Waals surface area contributed by atoms with Gasteiger partial charge in [0, 0.05) is 11.6 Å². The summed E-state index contributed by atoms with van der Waals surface area (Å²) in [5.41, 5.74) is 5.30. The highest BCUT2D eigenvalue weighted by Crippen LogP contribution is 2.09. The molecule has 16 heavy (non-hydrogen) atoms. The summed E-state index contributed by atoms with van der Waals surface area (Å²) in [4.78, 5) is 4.07. The van der Waals surface area contributed by atoms with Crippen LogP contribution >= 0.6 is 11.3 Å². The summed E-state index contributed by atoms with van der Waals surface area (Å²) >= 11 is 1.53. The van der Waals surface area contributed by atoms with Crippen LogP contribution in [0.4, 0.5) is 5.13 Å². The molecule has 0 unspecified atom stereocenters. The van der Waals surface area contributed by atoms with Crippen LogP contribution in [0.25, 0.3) is 0 Å². The third-order valence-electron chi connectivity index (χ3n) is 2.19. The lowest BCUT2D eigenvalue weighted by Gasteiger charge is -1.97. The lowest BCUT2D eigenvalue weighted by Crippen LogP contribution is -1.90. The molecule has 0 saturated carbocycles. The second-order valence-electron chi connectivity index (χ2n) is 3.30. The maximum atomic E-state index is 4.11. The number of nitrogens with zero attached hydrogens (tertiary/aromatic N) is 2. The van der Waals surface area contributed by atoms with Crippen molar-refractivity contribution in [2.45, 2.75) is 13.3 Å². The molecular weight excluding hydrogens is 218 g/mol. The van der Waals surface area contributed by atoms with E-state index in [1.807, 2.05) is 5.38 Å². The largest absolute Gasteiger partial charge is 0.253 e. The molecule has 1 N–H and O–H groups in total. The van der Waals surface area contributed by atoms with Gasteiger partial charge in [-0.25, -0.2) is 4.98 Å². The van der Waals surface area contributed by atoms with Gasteiger partial charge >= 0.3 is 0 Å². The highest BCUT2D eigenvalue weighted by molar-refractivity contribution is 7.13. The molecule has 0 radical (unpaired) electrons. The molecule has 3 nitrogen and oxygen atoms in total. The molecule has 82 valence electrons. The van der Waals surface area contributed by atoms with Gasteiger partial charge in [-0.3, -0.25) is 5.43 Å².